The zero-order chi connectivity index (χ0) is 21.2. The van der Waals surface area contributed by atoms with E-state index in [1.54, 1.807) is 6.20 Å². The fourth-order valence-electron chi connectivity index (χ4n) is 2.99. The van der Waals surface area contributed by atoms with Crippen LogP contribution < -0.4 is 10.6 Å². The molecule has 0 fully saturated rings. The van der Waals surface area contributed by atoms with Gasteiger partial charge in [0.1, 0.15) is 0 Å². The third-order valence-electron chi connectivity index (χ3n) is 4.62. The number of aryl methyl sites for hydroxylation is 1. The predicted octanol–water partition coefficient (Wildman–Crippen LogP) is 3.13. The lowest BCUT2D eigenvalue weighted by Crippen LogP contribution is -2.37. The van der Waals surface area contributed by atoms with Crippen LogP contribution in [-0.2, 0) is 19.5 Å². The van der Waals surface area contributed by atoms with Crippen molar-refractivity contribution in [1.82, 2.24) is 30.6 Å². The minimum atomic E-state index is 0.282. The van der Waals surface area contributed by atoms with E-state index >= 15 is 0 Å². The van der Waals surface area contributed by atoms with Crippen molar-refractivity contribution >= 4 is 5.96 Å². The molecule has 0 spiro atoms. The first-order valence-corrected chi connectivity index (χ1v) is 10.5. The highest BCUT2D eigenvalue weighted by molar-refractivity contribution is 5.79. The van der Waals surface area contributed by atoms with Crippen molar-refractivity contribution in [3.8, 4) is 0 Å². The lowest BCUT2D eigenvalue weighted by molar-refractivity contribution is 0.368. The first-order chi connectivity index (χ1) is 14.7. The van der Waals surface area contributed by atoms with Crippen molar-refractivity contribution in [3.63, 3.8) is 0 Å². The number of aliphatic imine (C=N–C) groups is 1. The Labute approximate surface area is 177 Å². The van der Waals surface area contributed by atoms with Crippen LogP contribution in [-0.4, -0.2) is 39.0 Å². The lowest BCUT2D eigenvalue weighted by Gasteiger charge is -2.12. The summed E-state index contributed by atoms with van der Waals surface area (Å²) in [5.74, 6) is 2.54. The van der Waals surface area contributed by atoms with Crippen molar-refractivity contribution in [2.75, 3.05) is 13.1 Å². The van der Waals surface area contributed by atoms with Gasteiger partial charge in [0, 0.05) is 37.8 Å². The van der Waals surface area contributed by atoms with Gasteiger partial charge in [0.05, 0.1) is 13.1 Å². The highest BCUT2D eigenvalue weighted by Gasteiger charge is 2.09. The summed E-state index contributed by atoms with van der Waals surface area (Å²) >= 11 is 0. The Hall–Kier alpha value is -3.16. The van der Waals surface area contributed by atoms with Crippen molar-refractivity contribution in [2.24, 2.45) is 4.99 Å². The highest BCUT2D eigenvalue weighted by Crippen LogP contribution is 2.12. The quantitative estimate of drug-likeness (QED) is 0.304. The Morgan fingerprint density at radius 2 is 2.00 bits per heavy atom. The number of guanidine groups is 1. The van der Waals surface area contributed by atoms with Gasteiger partial charge in [0.25, 0.3) is 0 Å². The zero-order valence-corrected chi connectivity index (χ0v) is 18.0. The lowest BCUT2D eigenvalue weighted by atomic mass is 10.1. The number of hydrogen-bond acceptors (Lipinski definition) is 5. The van der Waals surface area contributed by atoms with Gasteiger partial charge in [-0.1, -0.05) is 43.3 Å². The van der Waals surface area contributed by atoms with Gasteiger partial charge in [-0.3, -0.25) is 4.68 Å². The van der Waals surface area contributed by atoms with Crippen molar-refractivity contribution < 1.29 is 4.52 Å². The molecule has 0 atom stereocenters. The monoisotopic (exact) mass is 409 g/mol. The van der Waals surface area contributed by atoms with Crippen molar-refractivity contribution in [1.29, 1.82) is 0 Å². The van der Waals surface area contributed by atoms with E-state index in [9.17, 15) is 0 Å². The molecule has 2 heterocycles. The van der Waals surface area contributed by atoms with E-state index in [1.165, 1.54) is 11.1 Å². The smallest absolute Gasteiger partial charge is 0.226 e. The molecule has 0 bridgehead atoms. The van der Waals surface area contributed by atoms with E-state index < -0.39 is 0 Å². The summed E-state index contributed by atoms with van der Waals surface area (Å²) < 4.78 is 7.22. The second-order valence-corrected chi connectivity index (χ2v) is 7.40. The highest BCUT2D eigenvalue weighted by atomic mass is 16.5. The van der Waals surface area contributed by atoms with Gasteiger partial charge >= 0.3 is 0 Å². The fraction of sp³-hybridized carbons (Fsp3) is 0.455. The first-order valence-electron chi connectivity index (χ1n) is 10.5. The molecule has 8 nitrogen and oxygen atoms in total. The van der Waals surface area contributed by atoms with Gasteiger partial charge in [-0.25, -0.2) is 4.99 Å². The van der Waals surface area contributed by atoms with Crippen LogP contribution in [0.2, 0.25) is 0 Å². The summed E-state index contributed by atoms with van der Waals surface area (Å²) in [6.07, 6.45) is 5.41. The van der Waals surface area contributed by atoms with Crippen LogP contribution in [0.5, 0.6) is 0 Å². The molecule has 0 aliphatic rings. The van der Waals surface area contributed by atoms with E-state index in [0.29, 0.717) is 12.4 Å². The third-order valence-corrected chi connectivity index (χ3v) is 4.62. The predicted molar refractivity (Wildman–Crippen MR) is 117 cm³/mol. The van der Waals surface area contributed by atoms with Crippen LogP contribution in [0, 0.1) is 0 Å². The van der Waals surface area contributed by atoms with Crippen molar-refractivity contribution in [3.05, 3.63) is 65.6 Å². The molecule has 3 rings (SSSR count). The number of nitrogens with zero attached hydrogens (tertiary/aromatic N) is 5. The van der Waals surface area contributed by atoms with Crippen LogP contribution in [0.1, 0.15) is 56.0 Å². The Bertz CT molecular complexity index is 915. The maximum atomic E-state index is 5.30. The maximum Gasteiger partial charge on any atom is 0.226 e. The number of nitrogens with one attached hydrogen (secondary N) is 2. The molecule has 0 saturated carbocycles. The summed E-state index contributed by atoms with van der Waals surface area (Å²) in [7, 11) is 0. The molecule has 8 heteroatoms. The third kappa shape index (κ3) is 6.43. The van der Waals surface area contributed by atoms with E-state index in [2.05, 4.69) is 64.8 Å². The summed E-state index contributed by atoms with van der Waals surface area (Å²) in [6, 6.07) is 10.3. The molecule has 0 saturated heterocycles. The first kappa shape index (κ1) is 21.5. The normalized spacial score (nSPS) is 11.8. The van der Waals surface area contributed by atoms with Crippen LogP contribution in [0.25, 0.3) is 0 Å². The molecule has 3 aromatic rings. The summed E-state index contributed by atoms with van der Waals surface area (Å²) in [5.41, 5.74) is 2.41. The summed E-state index contributed by atoms with van der Waals surface area (Å²) in [4.78, 5) is 9.18. The van der Waals surface area contributed by atoms with Crippen LogP contribution in [0.3, 0.4) is 0 Å². The fourth-order valence-corrected chi connectivity index (χ4v) is 2.99. The Morgan fingerprint density at radius 1 is 1.17 bits per heavy atom. The zero-order valence-electron chi connectivity index (χ0n) is 18.0. The van der Waals surface area contributed by atoms with Gasteiger partial charge in [-0.15, -0.1) is 0 Å². The maximum absolute atomic E-state index is 5.30. The van der Waals surface area contributed by atoms with Crippen LogP contribution in [0.4, 0.5) is 0 Å². The van der Waals surface area contributed by atoms with Gasteiger partial charge in [-0.2, -0.15) is 10.1 Å². The van der Waals surface area contributed by atoms with Gasteiger partial charge in [-0.05, 0) is 30.5 Å². The van der Waals surface area contributed by atoms with E-state index in [4.69, 9.17) is 9.52 Å². The SMILES string of the molecule is CCNC(=NCc1ccccc1Cn1cccn1)NCCCc1nc(C(C)C)no1. The summed E-state index contributed by atoms with van der Waals surface area (Å²) in [5, 5.41) is 15.0. The number of hydrogen-bond donors (Lipinski definition) is 2. The second kappa shape index (κ2) is 11.1. The van der Waals surface area contributed by atoms with Crippen LogP contribution in [0.15, 0.2) is 52.2 Å². The van der Waals surface area contributed by atoms with E-state index in [1.807, 2.05) is 23.0 Å². The van der Waals surface area contributed by atoms with Gasteiger partial charge in [0.15, 0.2) is 11.8 Å². The van der Waals surface area contributed by atoms with Crippen LogP contribution >= 0.6 is 0 Å². The molecule has 0 amide bonds. The number of aromatic nitrogens is 4. The molecule has 160 valence electrons. The second-order valence-electron chi connectivity index (χ2n) is 7.40. The molecule has 30 heavy (non-hydrogen) atoms. The molecule has 1 aromatic carbocycles. The largest absolute Gasteiger partial charge is 0.357 e. The molecule has 0 radical (unpaired) electrons. The number of benzene rings is 1. The average molecular weight is 410 g/mol. The van der Waals surface area contributed by atoms with Crippen molar-refractivity contribution in [2.45, 2.75) is 52.6 Å². The molecule has 0 aliphatic heterocycles. The molecular formula is C22H31N7O. The molecular weight excluding hydrogens is 378 g/mol. The van der Waals surface area contributed by atoms with E-state index in [-0.39, 0.29) is 5.92 Å². The minimum absolute atomic E-state index is 0.282. The topological polar surface area (TPSA) is 93.2 Å². The molecule has 2 N–H and O–H groups in total. The van der Waals surface area contributed by atoms with E-state index in [0.717, 1.165) is 44.3 Å². The Morgan fingerprint density at radius 3 is 2.70 bits per heavy atom. The van der Waals surface area contributed by atoms with Gasteiger partial charge < -0.3 is 15.2 Å². The average Bonchev–Trinajstić information content (AvgIpc) is 3.42. The minimum Gasteiger partial charge on any atom is -0.357 e. The Balaban J connectivity index is 1.53. The summed E-state index contributed by atoms with van der Waals surface area (Å²) in [6.45, 7) is 9.11. The molecule has 2 aromatic heterocycles. The standard InChI is InChI=1S/C22H31N7O/c1-4-23-22(24-12-7-11-20-27-21(17(2)3)28-30-20)25-15-18-9-5-6-10-19(18)16-29-14-8-13-26-29/h5-6,8-10,13-14,17H,4,7,11-12,15-16H2,1-3H3,(H2,23,24,25). The van der Waals surface area contributed by atoms with Gasteiger partial charge in [0.2, 0.25) is 5.89 Å². The Kier molecular flexibility index (Phi) is 8.00. The molecule has 0 aliphatic carbocycles. The molecule has 0 unspecified atom stereocenters. The number of rotatable bonds is 10.